The summed E-state index contributed by atoms with van der Waals surface area (Å²) >= 11 is 0. The molecule has 0 saturated carbocycles. The molecule has 0 aromatic heterocycles. The molecule has 0 atom stereocenters. The van der Waals surface area contributed by atoms with Gasteiger partial charge in [-0.1, -0.05) is 0 Å². The van der Waals surface area contributed by atoms with E-state index in [0.717, 1.165) is 0 Å². The molecule has 2 N–H and O–H groups in total. The predicted octanol–water partition coefficient (Wildman–Crippen LogP) is -0.287. The van der Waals surface area contributed by atoms with E-state index in [9.17, 15) is 9.59 Å². The summed E-state index contributed by atoms with van der Waals surface area (Å²) in [6.07, 6.45) is 0. The predicted molar refractivity (Wildman–Crippen MR) is 39.9 cm³/mol. The summed E-state index contributed by atoms with van der Waals surface area (Å²) in [6.45, 7) is 2.85. The Kier molecular flexibility index (Phi) is 3.19. The molecule has 0 rings (SSSR count). The lowest BCUT2D eigenvalue weighted by Gasteiger charge is -2.18. The highest BCUT2D eigenvalue weighted by atomic mass is 16.5. The third-order valence-electron chi connectivity index (χ3n) is 1.58. The number of ketones is 1. The maximum absolute atomic E-state index is 11.0. The fraction of sp³-hybridized carbons (Fsp3) is 0.714. The van der Waals surface area contributed by atoms with Gasteiger partial charge in [-0.05, 0) is 13.8 Å². The van der Waals surface area contributed by atoms with E-state index in [-0.39, 0.29) is 12.3 Å². The molecule has 0 aromatic rings. The monoisotopic (exact) mass is 159 g/mol. The number of nitrogens with two attached hydrogens (primary N) is 1. The number of rotatable bonds is 3. The first-order valence-corrected chi connectivity index (χ1v) is 3.28. The number of methoxy groups -OCH3 is 1. The Morgan fingerprint density at radius 1 is 1.45 bits per heavy atom. The first-order chi connectivity index (χ1) is 4.96. The van der Waals surface area contributed by atoms with Gasteiger partial charge in [0.1, 0.15) is 5.41 Å². The van der Waals surface area contributed by atoms with E-state index >= 15 is 0 Å². The van der Waals surface area contributed by atoms with Gasteiger partial charge in [-0.25, -0.2) is 0 Å². The molecule has 0 aromatic carbocycles. The van der Waals surface area contributed by atoms with Gasteiger partial charge in [-0.3, -0.25) is 9.59 Å². The molecule has 4 heteroatoms. The summed E-state index contributed by atoms with van der Waals surface area (Å²) in [6, 6.07) is 0. The van der Waals surface area contributed by atoms with Crippen molar-refractivity contribution >= 4 is 11.8 Å². The molecule has 4 nitrogen and oxygen atoms in total. The van der Waals surface area contributed by atoms with Crippen LogP contribution in [-0.4, -0.2) is 25.4 Å². The minimum absolute atomic E-state index is 0.137. The van der Waals surface area contributed by atoms with E-state index in [0.29, 0.717) is 0 Å². The molecule has 0 amide bonds. The zero-order chi connectivity index (χ0) is 9.07. The standard InChI is InChI=1S/C7H13NO3/c1-7(2,5(9)4-8)6(10)11-3/h4,8H2,1-3H3. The molecule has 0 fully saturated rings. The van der Waals surface area contributed by atoms with Crippen LogP contribution >= 0.6 is 0 Å². The molecule has 11 heavy (non-hydrogen) atoms. The normalized spacial score (nSPS) is 10.9. The van der Waals surface area contributed by atoms with Crippen molar-refractivity contribution in [3.05, 3.63) is 0 Å². The largest absolute Gasteiger partial charge is 0.468 e. The van der Waals surface area contributed by atoms with Crippen molar-refractivity contribution in [2.45, 2.75) is 13.8 Å². The van der Waals surface area contributed by atoms with Crippen LogP contribution in [0.15, 0.2) is 0 Å². The van der Waals surface area contributed by atoms with E-state index in [1.54, 1.807) is 0 Å². The zero-order valence-electron chi connectivity index (χ0n) is 7.01. The lowest BCUT2D eigenvalue weighted by Crippen LogP contribution is -2.38. The quantitative estimate of drug-likeness (QED) is 0.454. The molecule has 0 unspecified atom stereocenters. The number of carbonyl (C=O) groups excluding carboxylic acids is 2. The molecule has 0 bridgehead atoms. The van der Waals surface area contributed by atoms with Gasteiger partial charge >= 0.3 is 5.97 Å². The molecular weight excluding hydrogens is 146 g/mol. The molecule has 0 aliphatic heterocycles. The average Bonchev–Trinajstić information content (AvgIpc) is 2.01. The zero-order valence-corrected chi connectivity index (χ0v) is 7.01. The minimum Gasteiger partial charge on any atom is -0.468 e. The van der Waals surface area contributed by atoms with Crippen LogP contribution in [0.3, 0.4) is 0 Å². The van der Waals surface area contributed by atoms with Crippen molar-refractivity contribution in [3.8, 4) is 0 Å². The first-order valence-electron chi connectivity index (χ1n) is 3.28. The average molecular weight is 159 g/mol. The van der Waals surface area contributed by atoms with E-state index < -0.39 is 11.4 Å². The van der Waals surface area contributed by atoms with Crippen LogP contribution in [0.25, 0.3) is 0 Å². The van der Waals surface area contributed by atoms with Crippen LogP contribution < -0.4 is 5.73 Å². The van der Waals surface area contributed by atoms with Crippen molar-refractivity contribution in [2.24, 2.45) is 11.1 Å². The molecule has 0 aliphatic rings. The topological polar surface area (TPSA) is 69.4 Å². The number of ether oxygens (including phenoxy) is 1. The smallest absolute Gasteiger partial charge is 0.318 e. The summed E-state index contributed by atoms with van der Waals surface area (Å²) in [5.41, 5.74) is 3.99. The van der Waals surface area contributed by atoms with E-state index in [1.165, 1.54) is 21.0 Å². The lowest BCUT2D eigenvalue weighted by atomic mass is 9.88. The Labute approximate surface area is 65.7 Å². The van der Waals surface area contributed by atoms with Gasteiger partial charge in [0.05, 0.1) is 13.7 Å². The van der Waals surface area contributed by atoms with Crippen molar-refractivity contribution in [3.63, 3.8) is 0 Å². The second-order valence-electron chi connectivity index (χ2n) is 2.74. The van der Waals surface area contributed by atoms with Crippen molar-refractivity contribution < 1.29 is 14.3 Å². The highest BCUT2D eigenvalue weighted by molar-refractivity contribution is 6.03. The molecular formula is C7H13NO3. The van der Waals surface area contributed by atoms with Gasteiger partial charge in [-0.2, -0.15) is 0 Å². The molecule has 0 heterocycles. The van der Waals surface area contributed by atoms with Crippen LogP contribution in [0.4, 0.5) is 0 Å². The number of esters is 1. The van der Waals surface area contributed by atoms with Crippen molar-refractivity contribution in [2.75, 3.05) is 13.7 Å². The molecule has 0 saturated heterocycles. The van der Waals surface area contributed by atoms with E-state index in [2.05, 4.69) is 4.74 Å². The van der Waals surface area contributed by atoms with Crippen LogP contribution in [-0.2, 0) is 14.3 Å². The van der Waals surface area contributed by atoms with Gasteiger partial charge in [0, 0.05) is 0 Å². The second-order valence-corrected chi connectivity index (χ2v) is 2.74. The van der Waals surface area contributed by atoms with Gasteiger partial charge < -0.3 is 10.5 Å². The minimum atomic E-state index is -1.11. The maximum atomic E-state index is 11.0. The van der Waals surface area contributed by atoms with Gasteiger partial charge in [0.2, 0.25) is 0 Å². The van der Waals surface area contributed by atoms with Gasteiger partial charge in [-0.15, -0.1) is 0 Å². The maximum Gasteiger partial charge on any atom is 0.318 e. The highest BCUT2D eigenvalue weighted by Crippen LogP contribution is 2.17. The summed E-state index contributed by atoms with van der Waals surface area (Å²) in [5.74, 6) is -0.864. The molecule has 0 aliphatic carbocycles. The Balaban J connectivity index is 4.44. The third-order valence-corrected chi connectivity index (χ3v) is 1.58. The second kappa shape index (κ2) is 3.48. The number of Topliss-reactive ketones (excluding diaryl/α,β-unsaturated/α-hetero) is 1. The van der Waals surface area contributed by atoms with Crippen LogP contribution in [0.5, 0.6) is 0 Å². The third kappa shape index (κ3) is 2.01. The van der Waals surface area contributed by atoms with Crippen molar-refractivity contribution in [1.29, 1.82) is 0 Å². The number of carbonyl (C=O) groups is 2. The summed E-state index contributed by atoms with van der Waals surface area (Å²) in [7, 11) is 1.24. The molecule has 0 radical (unpaired) electrons. The molecule has 64 valence electrons. The van der Waals surface area contributed by atoms with Gasteiger partial charge in [0.15, 0.2) is 5.78 Å². The summed E-state index contributed by atoms with van der Waals surface area (Å²) < 4.78 is 4.42. The Morgan fingerprint density at radius 3 is 2.18 bits per heavy atom. The first kappa shape index (κ1) is 10.1. The SMILES string of the molecule is COC(=O)C(C)(C)C(=O)CN. The van der Waals surface area contributed by atoms with E-state index in [4.69, 9.17) is 5.73 Å². The van der Waals surface area contributed by atoms with Crippen molar-refractivity contribution in [1.82, 2.24) is 0 Å². The Morgan fingerprint density at radius 2 is 1.91 bits per heavy atom. The number of hydrogen-bond donors (Lipinski definition) is 1. The Hall–Kier alpha value is -0.900. The van der Waals surface area contributed by atoms with Crippen LogP contribution in [0.2, 0.25) is 0 Å². The Bertz CT molecular complexity index is 157. The summed E-state index contributed by atoms with van der Waals surface area (Å²) in [4.78, 5) is 21.9. The molecule has 0 spiro atoms. The fourth-order valence-electron chi connectivity index (χ4n) is 0.624. The fourth-order valence-corrected chi connectivity index (χ4v) is 0.624. The van der Waals surface area contributed by atoms with E-state index in [1.807, 2.05) is 0 Å². The number of hydrogen-bond acceptors (Lipinski definition) is 4. The highest BCUT2D eigenvalue weighted by Gasteiger charge is 2.35. The van der Waals surface area contributed by atoms with Crippen LogP contribution in [0.1, 0.15) is 13.8 Å². The summed E-state index contributed by atoms with van der Waals surface area (Å²) in [5, 5.41) is 0. The lowest BCUT2D eigenvalue weighted by molar-refractivity contribution is -0.155. The van der Waals surface area contributed by atoms with Crippen LogP contribution in [0, 0.1) is 5.41 Å². The van der Waals surface area contributed by atoms with Gasteiger partial charge in [0.25, 0.3) is 0 Å².